The van der Waals surface area contributed by atoms with Crippen LogP contribution in [0.4, 0.5) is 5.82 Å². The number of aromatic amines is 1. The molecule has 3 nitrogen and oxygen atoms in total. The maximum atomic E-state index is 3.90. The van der Waals surface area contributed by atoms with Gasteiger partial charge < -0.3 is 5.32 Å². The molecule has 0 atom stereocenters. The molecule has 0 aliphatic rings. The average Bonchev–Trinajstić information content (AvgIpc) is 2.14. The third-order valence-electron chi connectivity index (χ3n) is 0.975. The quantitative estimate of drug-likeness (QED) is 0.440. The molecule has 1 aromatic rings. The van der Waals surface area contributed by atoms with Gasteiger partial charge in [0.15, 0.2) is 7.85 Å². The summed E-state index contributed by atoms with van der Waals surface area (Å²) in [6.45, 7) is 0. The Kier molecular flexibility index (Phi) is 1.24. The van der Waals surface area contributed by atoms with Crippen LogP contribution in [0.1, 0.15) is 0 Å². The molecule has 1 heterocycles. The van der Waals surface area contributed by atoms with E-state index >= 15 is 0 Å². The van der Waals surface area contributed by atoms with Crippen molar-refractivity contribution in [3.63, 3.8) is 0 Å². The lowest BCUT2D eigenvalue weighted by Gasteiger charge is -1.86. The van der Waals surface area contributed by atoms with Gasteiger partial charge in [-0.2, -0.15) is 5.10 Å². The van der Waals surface area contributed by atoms with Gasteiger partial charge in [-0.3, -0.25) is 5.10 Å². The van der Waals surface area contributed by atoms with Crippen molar-refractivity contribution in [2.24, 2.45) is 0 Å². The number of nitrogens with zero attached hydrogens (tertiary/aromatic N) is 1. The van der Waals surface area contributed by atoms with Crippen molar-refractivity contribution in [2.75, 3.05) is 12.4 Å². The first-order valence-corrected chi connectivity index (χ1v) is 2.52. The summed E-state index contributed by atoms with van der Waals surface area (Å²) in [5.74, 6) is 0.961. The lowest BCUT2D eigenvalue weighted by Crippen LogP contribution is -2.00. The molecule has 2 N–H and O–H groups in total. The van der Waals surface area contributed by atoms with Gasteiger partial charge >= 0.3 is 0 Å². The minimum absolute atomic E-state index is 0.961. The van der Waals surface area contributed by atoms with Gasteiger partial charge in [0, 0.05) is 12.6 Å². The summed E-state index contributed by atoms with van der Waals surface area (Å²) in [6.07, 6.45) is 0. The standard InChI is InChI=1S/C4H8BN3/c1-6-4-2-3(5)7-8-4/h2H,5H2,1H3,(H2,6,7,8). The van der Waals surface area contributed by atoms with E-state index in [9.17, 15) is 0 Å². The molecule has 0 unspecified atom stereocenters. The molecule has 0 aromatic carbocycles. The fraction of sp³-hybridized carbons (Fsp3) is 0.250. The van der Waals surface area contributed by atoms with Gasteiger partial charge in [-0.1, -0.05) is 0 Å². The molecule has 0 saturated heterocycles. The van der Waals surface area contributed by atoms with Gasteiger partial charge in [0.2, 0.25) is 0 Å². The molecule has 0 radical (unpaired) electrons. The van der Waals surface area contributed by atoms with Gasteiger partial charge in [0.05, 0.1) is 0 Å². The van der Waals surface area contributed by atoms with Crippen LogP contribution in [0.2, 0.25) is 0 Å². The molecule has 0 spiro atoms. The third-order valence-corrected chi connectivity index (χ3v) is 0.975. The topological polar surface area (TPSA) is 40.7 Å². The largest absolute Gasteiger partial charge is 0.374 e. The maximum absolute atomic E-state index is 3.90. The van der Waals surface area contributed by atoms with E-state index < -0.39 is 0 Å². The van der Waals surface area contributed by atoms with Crippen LogP contribution < -0.4 is 10.9 Å². The SMILES string of the molecule is Bc1cc(NC)[nH]n1. The van der Waals surface area contributed by atoms with Crippen molar-refractivity contribution in [3.05, 3.63) is 6.07 Å². The molecule has 0 fully saturated rings. The van der Waals surface area contributed by atoms with Gasteiger partial charge in [0.25, 0.3) is 0 Å². The van der Waals surface area contributed by atoms with E-state index in [1.807, 2.05) is 21.0 Å². The number of H-pyrrole nitrogens is 1. The first-order valence-electron chi connectivity index (χ1n) is 2.52. The number of rotatable bonds is 1. The Morgan fingerprint density at radius 3 is 2.88 bits per heavy atom. The highest BCUT2D eigenvalue weighted by Gasteiger charge is 1.88. The summed E-state index contributed by atoms with van der Waals surface area (Å²) >= 11 is 0. The summed E-state index contributed by atoms with van der Waals surface area (Å²) < 4.78 is 0. The Bertz CT molecular complexity index is 172. The van der Waals surface area contributed by atoms with Crippen molar-refractivity contribution in [2.45, 2.75) is 0 Å². The average molecular weight is 109 g/mol. The first kappa shape index (κ1) is 5.22. The molecule has 1 rings (SSSR count). The summed E-state index contributed by atoms with van der Waals surface area (Å²) in [7, 11) is 3.80. The molecule has 8 heavy (non-hydrogen) atoms. The lowest BCUT2D eigenvalue weighted by molar-refractivity contribution is 1.11. The fourth-order valence-electron chi connectivity index (χ4n) is 0.550. The van der Waals surface area contributed by atoms with E-state index in [0.29, 0.717) is 0 Å². The molecule has 1 aromatic heterocycles. The van der Waals surface area contributed by atoms with Crippen molar-refractivity contribution in [1.82, 2.24) is 10.2 Å². The summed E-state index contributed by atoms with van der Waals surface area (Å²) in [5.41, 5.74) is 1.01. The van der Waals surface area contributed by atoms with Gasteiger partial charge in [-0.25, -0.2) is 0 Å². The number of anilines is 1. The van der Waals surface area contributed by atoms with Crippen LogP contribution in [0.3, 0.4) is 0 Å². The van der Waals surface area contributed by atoms with Crippen molar-refractivity contribution in [3.8, 4) is 0 Å². The van der Waals surface area contributed by atoms with Crippen LogP contribution in [0.5, 0.6) is 0 Å². The van der Waals surface area contributed by atoms with E-state index in [1.165, 1.54) is 0 Å². The Balaban J connectivity index is 2.84. The van der Waals surface area contributed by atoms with E-state index in [-0.39, 0.29) is 0 Å². The zero-order valence-corrected chi connectivity index (χ0v) is 5.02. The highest BCUT2D eigenvalue weighted by atomic mass is 15.2. The Morgan fingerprint density at radius 2 is 2.62 bits per heavy atom. The van der Waals surface area contributed by atoms with Crippen molar-refractivity contribution < 1.29 is 0 Å². The third kappa shape index (κ3) is 0.830. The summed E-state index contributed by atoms with van der Waals surface area (Å²) in [5, 5.41) is 9.62. The lowest BCUT2D eigenvalue weighted by atomic mass is 10.1. The van der Waals surface area contributed by atoms with Crippen LogP contribution in [0.25, 0.3) is 0 Å². The highest BCUT2D eigenvalue weighted by Crippen LogP contribution is 1.91. The van der Waals surface area contributed by atoms with Crippen LogP contribution in [0.15, 0.2) is 6.07 Å². The minimum atomic E-state index is 0.961. The van der Waals surface area contributed by atoms with Gasteiger partial charge in [-0.05, 0) is 6.07 Å². The van der Waals surface area contributed by atoms with Crippen LogP contribution in [0, 0.1) is 0 Å². The van der Waals surface area contributed by atoms with E-state index in [2.05, 4.69) is 15.5 Å². The Labute approximate surface area is 48.9 Å². The second-order valence-electron chi connectivity index (χ2n) is 1.67. The molecule has 0 aliphatic heterocycles. The predicted octanol–water partition coefficient (Wildman–Crippen LogP) is -1.29. The monoisotopic (exact) mass is 109 g/mol. The van der Waals surface area contributed by atoms with Crippen molar-refractivity contribution >= 4 is 19.3 Å². The normalized spacial score (nSPS) is 9.12. The molecule has 0 amide bonds. The van der Waals surface area contributed by atoms with Crippen LogP contribution in [-0.4, -0.2) is 25.1 Å². The molecule has 4 heteroatoms. The smallest absolute Gasteiger partial charge is 0.166 e. The predicted molar refractivity (Wildman–Crippen MR) is 36.3 cm³/mol. The van der Waals surface area contributed by atoms with Crippen LogP contribution in [-0.2, 0) is 0 Å². The highest BCUT2D eigenvalue weighted by molar-refractivity contribution is 6.30. The molecule has 0 bridgehead atoms. The molecular formula is C4H8BN3. The second-order valence-corrected chi connectivity index (χ2v) is 1.67. The minimum Gasteiger partial charge on any atom is -0.374 e. The number of nitrogens with one attached hydrogen (secondary N) is 2. The summed E-state index contributed by atoms with van der Waals surface area (Å²) in [6, 6.07) is 1.94. The molecule has 0 aliphatic carbocycles. The van der Waals surface area contributed by atoms with E-state index in [1.54, 1.807) is 0 Å². The number of aromatic nitrogens is 2. The Morgan fingerprint density at radius 1 is 1.88 bits per heavy atom. The fourth-order valence-corrected chi connectivity index (χ4v) is 0.550. The van der Waals surface area contributed by atoms with Crippen molar-refractivity contribution in [1.29, 1.82) is 0 Å². The molecular weight excluding hydrogens is 101 g/mol. The van der Waals surface area contributed by atoms with Gasteiger partial charge in [-0.15, -0.1) is 0 Å². The second kappa shape index (κ2) is 1.90. The van der Waals surface area contributed by atoms with E-state index in [4.69, 9.17) is 0 Å². The van der Waals surface area contributed by atoms with Gasteiger partial charge in [0.1, 0.15) is 5.82 Å². The Hall–Kier alpha value is -0.925. The molecule has 0 saturated carbocycles. The maximum Gasteiger partial charge on any atom is 0.166 e. The molecule has 42 valence electrons. The van der Waals surface area contributed by atoms with Crippen LogP contribution >= 0.6 is 0 Å². The zero-order valence-electron chi connectivity index (χ0n) is 5.02. The first-order chi connectivity index (χ1) is 3.83. The zero-order chi connectivity index (χ0) is 5.98. The van der Waals surface area contributed by atoms with E-state index in [0.717, 1.165) is 11.4 Å². The number of hydrogen-bond donors (Lipinski definition) is 2. The number of hydrogen-bond acceptors (Lipinski definition) is 2. The summed E-state index contributed by atoms with van der Waals surface area (Å²) in [4.78, 5) is 0.